The minimum Gasteiger partial charge on any atom is -0.457 e. The molecule has 0 amide bonds. The maximum Gasteiger partial charge on any atom is 0.199 e. The predicted octanol–water partition coefficient (Wildman–Crippen LogP) is 4.42. The minimum atomic E-state index is 0.339. The highest BCUT2D eigenvalue weighted by molar-refractivity contribution is 9.11. The first kappa shape index (κ1) is 12.6. The van der Waals surface area contributed by atoms with E-state index in [1.54, 1.807) is 0 Å². The van der Waals surface area contributed by atoms with Crippen molar-refractivity contribution in [2.45, 2.75) is 19.8 Å². The first-order valence-electron chi connectivity index (χ1n) is 5.87. The smallest absolute Gasteiger partial charge is 0.199 e. The van der Waals surface area contributed by atoms with Crippen molar-refractivity contribution in [3.8, 4) is 11.6 Å². The van der Waals surface area contributed by atoms with Crippen LogP contribution in [0.15, 0.2) is 26.4 Å². The summed E-state index contributed by atoms with van der Waals surface area (Å²) in [4.78, 5) is 9.68. The summed E-state index contributed by atoms with van der Waals surface area (Å²) >= 11 is 4.97. The van der Waals surface area contributed by atoms with Crippen LogP contribution in [0.1, 0.15) is 25.5 Å². The van der Waals surface area contributed by atoms with E-state index < -0.39 is 0 Å². The van der Waals surface area contributed by atoms with Crippen molar-refractivity contribution in [3.05, 3.63) is 27.7 Å². The Bertz CT molecular complexity index is 748. The molecule has 98 valence electrons. The molecule has 3 aromatic rings. The van der Waals surface area contributed by atoms with Crippen LogP contribution in [0.2, 0.25) is 0 Å². The van der Waals surface area contributed by atoms with Crippen LogP contribution in [-0.4, -0.2) is 9.97 Å². The number of nitrogen functional groups attached to an aromatic ring is 1. The van der Waals surface area contributed by atoms with Gasteiger partial charge in [-0.15, -0.1) is 11.3 Å². The van der Waals surface area contributed by atoms with Gasteiger partial charge in [0, 0.05) is 5.92 Å². The highest BCUT2D eigenvalue weighted by Crippen LogP contribution is 2.33. The molecule has 0 unspecified atom stereocenters. The van der Waals surface area contributed by atoms with Gasteiger partial charge in [-0.3, -0.25) is 0 Å². The Labute approximate surface area is 122 Å². The molecule has 0 bridgehead atoms. The van der Waals surface area contributed by atoms with Gasteiger partial charge in [0.25, 0.3) is 0 Å². The van der Waals surface area contributed by atoms with E-state index in [4.69, 9.17) is 10.2 Å². The van der Waals surface area contributed by atoms with Gasteiger partial charge < -0.3 is 10.2 Å². The van der Waals surface area contributed by atoms with E-state index in [9.17, 15) is 0 Å². The third-order valence-electron chi connectivity index (χ3n) is 2.81. The Hall–Kier alpha value is -1.40. The summed E-state index contributed by atoms with van der Waals surface area (Å²) in [6.45, 7) is 4.16. The summed E-state index contributed by atoms with van der Waals surface area (Å²) < 4.78 is 6.74. The summed E-state index contributed by atoms with van der Waals surface area (Å²) in [7, 11) is 0. The number of halogens is 1. The van der Waals surface area contributed by atoms with Crippen molar-refractivity contribution in [2.24, 2.45) is 0 Å². The van der Waals surface area contributed by atoms with Crippen molar-refractivity contribution < 1.29 is 4.42 Å². The highest BCUT2D eigenvalue weighted by atomic mass is 79.9. The average molecular weight is 338 g/mol. The second-order valence-electron chi connectivity index (χ2n) is 4.56. The van der Waals surface area contributed by atoms with Gasteiger partial charge in [0.2, 0.25) is 0 Å². The van der Waals surface area contributed by atoms with Gasteiger partial charge in [0.15, 0.2) is 11.6 Å². The molecule has 19 heavy (non-hydrogen) atoms. The fourth-order valence-electron chi connectivity index (χ4n) is 1.81. The molecule has 0 fully saturated rings. The molecule has 0 spiro atoms. The van der Waals surface area contributed by atoms with Gasteiger partial charge in [-0.1, -0.05) is 13.8 Å². The molecule has 4 nitrogen and oxygen atoms in total. The number of hydrogen-bond acceptors (Lipinski definition) is 5. The molecule has 2 N–H and O–H groups in total. The van der Waals surface area contributed by atoms with E-state index >= 15 is 0 Å². The van der Waals surface area contributed by atoms with Crippen molar-refractivity contribution in [1.82, 2.24) is 9.97 Å². The minimum absolute atomic E-state index is 0.339. The number of fused-ring (bicyclic) bond motifs is 1. The predicted molar refractivity (Wildman–Crippen MR) is 81.3 cm³/mol. The number of nitrogens with two attached hydrogens (primary N) is 1. The first-order chi connectivity index (χ1) is 9.04. The lowest BCUT2D eigenvalue weighted by Crippen LogP contribution is -1.95. The number of thiophene rings is 1. The van der Waals surface area contributed by atoms with Gasteiger partial charge in [0.05, 0.1) is 9.17 Å². The second kappa shape index (κ2) is 4.61. The van der Waals surface area contributed by atoms with Crippen molar-refractivity contribution in [2.75, 3.05) is 5.73 Å². The highest BCUT2D eigenvalue weighted by Gasteiger charge is 2.14. The van der Waals surface area contributed by atoms with Crippen LogP contribution in [0.25, 0.3) is 21.8 Å². The number of nitrogens with zero attached hydrogens (tertiary/aromatic N) is 2. The number of hydrogen-bond donors (Lipinski definition) is 1. The van der Waals surface area contributed by atoms with Crippen LogP contribution in [0.5, 0.6) is 0 Å². The summed E-state index contributed by atoms with van der Waals surface area (Å²) in [5.74, 6) is 2.92. The van der Waals surface area contributed by atoms with E-state index in [1.807, 2.05) is 18.2 Å². The Balaban J connectivity index is 2.13. The van der Waals surface area contributed by atoms with Crippen LogP contribution < -0.4 is 5.73 Å². The molecule has 0 aliphatic rings. The second-order valence-corrected chi connectivity index (χ2v) is 6.97. The van der Waals surface area contributed by atoms with Crippen molar-refractivity contribution in [3.63, 3.8) is 0 Å². The van der Waals surface area contributed by atoms with Crippen LogP contribution in [0.4, 0.5) is 5.82 Å². The molecule has 0 aromatic carbocycles. The van der Waals surface area contributed by atoms with Crippen molar-refractivity contribution in [1.29, 1.82) is 0 Å². The topological polar surface area (TPSA) is 64.9 Å². The number of furan rings is 1. The van der Waals surface area contributed by atoms with Gasteiger partial charge in [-0.25, -0.2) is 9.97 Å². The molecule has 0 aliphatic carbocycles. The molecular formula is C13H12BrN3OS. The molecular weight excluding hydrogens is 326 g/mol. The molecule has 0 saturated heterocycles. The van der Waals surface area contributed by atoms with Crippen LogP contribution in [0, 0.1) is 0 Å². The lowest BCUT2D eigenvalue weighted by molar-refractivity contribution is 0.496. The monoisotopic (exact) mass is 337 g/mol. The summed E-state index contributed by atoms with van der Waals surface area (Å²) in [5, 5.41) is 0.872. The number of aromatic nitrogens is 2. The Morgan fingerprint density at radius 3 is 2.79 bits per heavy atom. The average Bonchev–Trinajstić information content (AvgIpc) is 2.94. The van der Waals surface area contributed by atoms with Crippen LogP contribution >= 0.6 is 27.3 Å². The summed E-state index contributed by atoms with van der Waals surface area (Å²) in [6, 6.07) is 5.77. The first-order valence-corrected chi connectivity index (χ1v) is 7.48. The zero-order valence-electron chi connectivity index (χ0n) is 10.5. The van der Waals surface area contributed by atoms with Crippen molar-refractivity contribution >= 4 is 43.3 Å². The summed E-state index contributed by atoms with van der Waals surface area (Å²) in [5.41, 5.74) is 5.97. The fourth-order valence-corrected chi connectivity index (χ4v) is 3.26. The Morgan fingerprint density at radius 2 is 2.11 bits per heavy atom. The molecule has 3 aromatic heterocycles. The molecule has 3 heterocycles. The summed E-state index contributed by atoms with van der Waals surface area (Å²) in [6.07, 6.45) is 0. The Morgan fingerprint density at radius 1 is 1.32 bits per heavy atom. The molecule has 0 saturated carbocycles. The maximum atomic E-state index is 5.97. The SMILES string of the molecule is CC(C)c1ccc(-c2nc(N)c3cc(Br)sc3n2)o1. The fraction of sp³-hybridized carbons (Fsp3) is 0.231. The van der Waals surface area contributed by atoms with Crippen LogP contribution in [-0.2, 0) is 0 Å². The lowest BCUT2D eigenvalue weighted by atomic mass is 10.2. The van der Waals surface area contributed by atoms with Gasteiger partial charge in [-0.05, 0) is 34.1 Å². The quantitative estimate of drug-likeness (QED) is 0.751. The maximum absolute atomic E-state index is 5.97. The molecule has 6 heteroatoms. The van der Waals surface area contributed by atoms with E-state index in [0.29, 0.717) is 23.3 Å². The third kappa shape index (κ3) is 2.26. The standard InChI is InChI=1S/C13H12BrN3OS/c1-6(2)8-3-4-9(18-8)12-16-11(15)7-5-10(14)19-13(7)17-12/h3-6H,1-2H3,(H2,15,16,17). The zero-order valence-corrected chi connectivity index (χ0v) is 12.9. The zero-order chi connectivity index (χ0) is 13.6. The van der Waals surface area contributed by atoms with Gasteiger partial charge in [-0.2, -0.15) is 0 Å². The van der Waals surface area contributed by atoms with E-state index in [1.165, 1.54) is 11.3 Å². The molecule has 3 rings (SSSR count). The Kier molecular flexibility index (Phi) is 3.06. The van der Waals surface area contributed by atoms with E-state index in [0.717, 1.165) is 19.8 Å². The molecule has 0 atom stereocenters. The normalized spacial score (nSPS) is 11.6. The number of anilines is 1. The van der Waals surface area contributed by atoms with Gasteiger partial charge in [0.1, 0.15) is 16.4 Å². The molecule has 0 aliphatic heterocycles. The van der Waals surface area contributed by atoms with Gasteiger partial charge >= 0.3 is 0 Å². The third-order valence-corrected chi connectivity index (χ3v) is 4.34. The lowest BCUT2D eigenvalue weighted by Gasteiger charge is -2.01. The van der Waals surface area contributed by atoms with Crippen LogP contribution in [0.3, 0.4) is 0 Å². The number of rotatable bonds is 2. The largest absolute Gasteiger partial charge is 0.457 e. The van der Waals surface area contributed by atoms with E-state index in [-0.39, 0.29) is 0 Å². The molecule has 0 radical (unpaired) electrons. The van der Waals surface area contributed by atoms with E-state index in [2.05, 4.69) is 39.7 Å².